The summed E-state index contributed by atoms with van der Waals surface area (Å²) in [5, 5.41) is 12.2. The number of carbonyl (C=O) groups is 1. The lowest BCUT2D eigenvalue weighted by molar-refractivity contribution is 0.0698. The fraction of sp³-hybridized carbons (Fsp3) is 0.417. The van der Waals surface area contributed by atoms with Crippen molar-refractivity contribution in [2.24, 2.45) is 0 Å². The third-order valence-corrected chi connectivity index (χ3v) is 2.42. The second-order valence-corrected chi connectivity index (χ2v) is 3.94. The van der Waals surface area contributed by atoms with Crippen molar-refractivity contribution in [2.75, 3.05) is 11.1 Å². The van der Waals surface area contributed by atoms with Gasteiger partial charge in [-0.25, -0.2) is 4.79 Å². The first-order valence-corrected chi connectivity index (χ1v) is 5.44. The maximum atomic E-state index is 10.9. The highest BCUT2D eigenvalue weighted by Crippen LogP contribution is 2.19. The van der Waals surface area contributed by atoms with Crippen LogP contribution in [-0.2, 0) is 0 Å². The summed E-state index contributed by atoms with van der Waals surface area (Å²) in [6.45, 7) is 4.18. The molecule has 0 radical (unpaired) electrons. The van der Waals surface area contributed by atoms with Gasteiger partial charge in [-0.2, -0.15) is 0 Å². The molecule has 0 bridgehead atoms. The van der Waals surface area contributed by atoms with Crippen LogP contribution < -0.4 is 11.1 Å². The molecule has 16 heavy (non-hydrogen) atoms. The molecule has 4 heteroatoms. The molecule has 1 atom stereocenters. The molecule has 0 spiro atoms. The Balaban J connectivity index is 2.82. The quantitative estimate of drug-likeness (QED) is 0.669. The number of carboxylic acid groups (broad SMARTS) is 1. The van der Waals surface area contributed by atoms with E-state index >= 15 is 0 Å². The van der Waals surface area contributed by atoms with Gasteiger partial charge in [0.05, 0.1) is 5.56 Å². The zero-order chi connectivity index (χ0) is 12.1. The number of hydrogen-bond acceptors (Lipinski definition) is 3. The standard InChI is InChI=1S/C12H18N2O2/c1-3-4-8(2)14-9-5-6-11(13)10(7-9)12(15)16/h5-8,14H,3-4,13H2,1-2H3,(H,15,16). The molecular weight excluding hydrogens is 204 g/mol. The minimum absolute atomic E-state index is 0.147. The number of benzene rings is 1. The summed E-state index contributed by atoms with van der Waals surface area (Å²) < 4.78 is 0. The minimum atomic E-state index is -0.996. The zero-order valence-electron chi connectivity index (χ0n) is 9.66. The van der Waals surface area contributed by atoms with E-state index in [-0.39, 0.29) is 5.56 Å². The van der Waals surface area contributed by atoms with E-state index in [1.807, 2.05) is 0 Å². The van der Waals surface area contributed by atoms with Crippen molar-refractivity contribution in [1.82, 2.24) is 0 Å². The summed E-state index contributed by atoms with van der Waals surface area (Å²) in [6.07, 6.45) is 2.14. The lowest BCUT2D eigenvalue weighted by atomic mass is 10.1. The van der Waals surface area contributed by atoms with Crippen LogP contribution >= 0.6 is 0 Å². The van der Waals surface area contributed by atoms with E-state index in [4.69, 9.17) is 10.8 Å². The highest BCUT2D eigenvalue weighted by Gasteiger charge is 2.09. The topological polar surface area (TPSA) is 75.3 Å². The Labute approximate surface area is 95.5 Å². The molecule has 4 nitrogen and oxygen atoms in total. The van der Waals surface area contributed by atoms with E-state index in [1.165, 1.54) is 0 Å². The Bertz CT molecular complexity index is 377. The molecule has 0 saturated heterocycles. The molecule has 0 aliphatic heterocycles. The summed E-state index contributed by atoms with van der Waals surface area (Å²) >= 11 is 0. The van der Waals surface area contributed by atoms with Crippen LogP contribution in [0, 0.1) is 0 Å². The van der Waals surface area contributed by atoms with Gasteiger partial charge >= 0.3 is 5.97 Å². The molecule has 0 fully saturated rings. The highest BCUT2D eigenvalue weighted by molar-refractivity contribution is 5.94. The van der Waals surface area contributed by atoms with E-state index in [0.29, 0.717) is 11.7 Å². The van der Waals surface area contributed by atoms with Crippen molar-refractivity contribution in [1.29, 1.82) is 0 Å². The van der Waals surface area contributed by atoms with Crippen LogP contribution in [0.2, 0.25) is 0 Å². The van der Waals surface area contributed by atoms with Crippen LogP contribution in [0.3, 0.4) is 0 Å². The van der Waals surface area contributed by atoms with Crippen molar-refractivity contribution in [3.8, 4) is 0 Å². The fourth-order valence-electron chi connectivity index (χ4n) is 1.62. The van der Waals surface area contributed by atoms with Crippen molar-refractivity contribution in [3.05, 3.63) is 23.8 Å². The highest BCUT2D eigenvalue weighted by atomic mass is 16.4. The molecule has 4 N–H and O–H groups in total. The molecule has 0 saturated carbocycles. The van der Waals surface area contributed by atoms with Gasteiger partial charge in [-0.15, -0.1) is 0 Å². The number of hydrogen-bond donors (Lipinski definition) is 3. The van der Waals surface area contributed by atoms with E-state index in [0.717, 1.165) is 18.5 Å². The Morgan fingerprint density at radius 2 is 2.25 bits per heavy atom. The van der Waals surface area contributed by atoms with Crippen LogP contribution in [0.15, 0.2) is 18.2 Å². The normalized spacial score (nSPS) is 12.1. The minimum Gasteiger partial charge on any atom is -0.478 e. The molecule has 0 aliphatic rings. The molecule has 0 aromatic heterocycles. The van der Waals surface area contributed by atoms with Crippen LogP contribution in [-0.4, -0.2) is 17.1 Å². The molecule has 1 aromatic rings. The largest absolute Gasteiger partial charge is 0.478 e. The van der Waals surface area contributed by atoms with Crippen molar-refractivity contribution < 1.29 is 9.90 Å². The van der Waals surface area contributed by atoms with Gasteiger partial charge in [-0.1, -0.05) is 13.3 Å². The Morgan fingerprint density at radius 1 is 1.56 bits per heavy atom. The fourth-order valence-corrected chi connectivity index (χ4v) is 1.62. The first kappa shape index (κ1) is 12.4. The van der Waals surface area contributed by atoms with Crippen molar-refractivity contribution in [2.45, 2.75) is 32.7 Å². The monoisotopic (exact) mass is 222 g/mol. The zero-order valence-corrected chi connectivity index (χ0v) is 9.66. The third-order valence-electron chi connectivity index (χ3n) is 2.42. The van der Waals surface area contributed by atoms with E-state index in [9.17, 15) is 4.79 Å². The second-order valence-electron chi connectivity index (χ2n) is 3.94. The molecule has 0 heterocycles. The number of anilines is 2. The van der Waals surface area contributed by atoms with Crippen LogP contribution in [0.4, 0.5) is 11.4 Å². The lowest BCUT2D eigenvalue weighted by Crippen LogP contribution is -2.15. The van der Waals surface area contributed by atoms with Crippen molar-refractivity contribution >= 4 is 17.3 Å². The second kappa shape index (κ2) is 5.39. The maximum absolute atomic E-state index is 10.9. The van der Waals surface area contributed by atoms with Gasteiger partial charge in [0.2, 0.25) is 0 Å². The average Bonchev–Trinajstić information content (AvgIpc) is 2.21. The molecule has 1 unspecified atom stereocenters. The van der Waals surface area contributed by atoms with Gasteiger partial charge in [-0.3, -0.25) is 0 Å². The van der Waals surface area contributed by atoms with Gasteiger partial charge in [0.1, 0.15) is 0 Å². The summed E-state index contributed by atoms with van der Waals surface area (Å²) in [7, 11) is 0. The molecule has 1 rings (SSSR count). The first-order valence-electron chi connectivity index (χ1n) is 5.44. The number of nitrogens with two attached hydrogens (primary N) is 1. The molecule has 88 valence electrons. The number of nitrogen functional groups attached to an aromatic ring is 1. The maximum Gasteiger partial charge on any atom is 0.337 e. The van der Waals surface area contributed by atoms with Crippen molar-refractivity contribution in [3.63, 3.8) is 0 Å². The SMILES string of the molecule is CCCC(C)Nc1ccc(N)c(C(=O)O)c1. The Kier molecular flexibility index (Phi) is 4.17. The van der Waals surface area contributed by atoms with Gasteiger partial charge in [-0.05, 0) is 31.5 Å². The van der Waals surface area contributed by atoms with E-state index in [2.05, 4.69) is 19.2 Å². The third kappa shape index (κ3) is 3.15. The lowest BCUT2D eigenvalue weighted by Gasteiger charge is -2.15. The predicted molar refractivity (Wildman–Crippen MR) is 65.8 cm³/mol. The summed E-state index contributed by atoms with van der Waals surface area (Å²) in [5.74, 6) is -0.996. The number of aromatic carboxylic acids is 1. The number of carboxylic acids is 1. The molecule has 0 aliphatic carbocycles. The molecule has 1 aromatic carbocycles. The van der Waals surface area contributed by atoms with Gasteiger partial charge in [0, 0.05) is 17.4 Å². The Morgan fingerprint density at radius 3 is 2.81 bits per heavy atom. The predicted octanol–water partition coefficient (Wildman–Crippen LogP) is 2.57. The van der Waals surface area contributed by atoms with Crippen LogP contribution in [0.5, 0.6) is 0 Å². The number of rotatable bonds is 5. The van der Waals surface area contributed by atoms with Crippen LogP contribution in [0.25, 0.3) is 0 Å². The summed E-state index contributed by atoms with van der Waals surface area (Å²) in [4.78, 5) is 10.9. The van der Waals surface area contributed by atoms with Gasteiger partial charge < -0.3 is 16.2 Å². The Hall–Kier alpha value is -1.71. The number of nitrogens with one attached hydrogen (secondary N) is 1. The smallest absolute Gasteiger partial charge is 0.337 e. The first-order chi connectivity index (χ1) is 7.54. The summed E-state index contributed by atoms with van der Waals surface area (Å²) in [6, 6.07) is 5.32. The molecular formula is C12H18N2O2. The summed E-state index contributed by atoms with van der Waals surface area (Å²) in [5.41, 5.74) is 6.81. The van der Waals surface area contributed by atoms with E-state index in [1.54, 1.807) is 18.2 Å². The van der Waals surface area contributed by atoms with Gasteiger partial charge in [0.25, 0.3) is 0 Å². The average molecular weight is 222 g/mol. The van der Waals surface area contributed by atoms with Crippen LogP contribution in [0.1, 0.15) is 37.0 Å². The molecule has 0 amide bonds. The van der Waals surface area contributed by atoms with Gasteiger partial charge in [0.15, 0.2) is 0 Å². The van der Waals surface area contributed by atoms with E-state index < -0.39 is 5.97 Å².